The molecule has 1 unspecified atom stereocenters. The number of hydrogen-bond acceptors (Lipinski definition) is 3. The molecule has 0 heterocycles. The smallest absolute Gasteiger partial charge is 0.191 e. The summed E-state index contributed by atoms with van der Waals surface area (Å²) in [6.45, 7) is 10.8. The lowest BCUT2D eigenvalue weighted by Gasteiger charge is -2.27. The van der Waals surface area contributed by atoms with E-state index in [4.69, 9.17) is 0 Å². The lowest BCUT2D eigenvalue weighted by Crippen LogP contribution is -2.46. The molecule has 5 heteroatoms. The van der Waals surface area contributed by atoms with Crippen LogP contribution in [0, 0.1) is 0 Å². The summed E-state index contributed by atoms with van der Waals surface area (Å²) >= 11 is 1.91. The molecule has 1 atom stereocenters. The minimum atomic E-state index is 0.532. The molecule has 0 fully saturated rings. The Labute approximate surface area is 123 Å². The molecule has 0 radical (unpaired) electrons. The van der Waals surface area contributed by atoms with Crippen LogP contribution in [0.15, 0.2) is 4.99 Å². The standard InChI is InChI=1S/C14H32N4S/c1-6-18(7-2)13(3)12-17-14(15-4)16-10-8-9-11-19-5/h13H,6-12H2,1-5H3,(H2,15,16,17). The second kappa shape index (κ2) is 12.6. The molecule has 0 aromatic rings. The predicted octanol–water partition coefficient (Wildman–Crippen LogP) is 2.02. The summed E-state index contributed by atoms with van der Waals surface area (Å²) < 4.78 is 0. The van der Waals surface area contributed by atoms with Gasteiger partial charge in [-0.3, -0.25) is 9.89 Å². The zero-order valence-corrected chi connectivity index (χ0v) is 14.1. The van der Waals surface area contributed by atoms with Gasteiger partial charge in [-0.2, -0.15) is 11.8 Å². The van der Waals surface area contributed by atoms with Crippen LogP contribution in [0.2, 0.25) is 0 Å². The van der Waals surface area contributed by atoms with Crippen molar-refractivity contribution in [1.82, 2.24) is 15.5 Å². The average Bonchev–Trinajstić information content (AvgIpc) is 2.43. The summed E-state index contributed by atoms with van der Waals surface area (Å²) in [4.78, 5) is 6.70. The predicted molar refractivity (Wildman–Crippen MR) is 89.4 cm³/mol. The van der Waals surface area contributed by atoms with E-state index in [0.29, 0.717) is 6.04 Å². The molecule has 0 aliphatic heterocycles. The Morgan fingerprint density at radius 2 is 1.89 bits per heavy atom. The van der Waals surface area contributed by atoms with Gasteiger partial charge in [-0.05, 0) is 44.9 Å². The fraction of sp³-hybridized carbons (Fsp3) is 0.929. The van der Waals surface area contributed by atoms with Crippen LogP contribution in [-0.2, 0) is 0 Å². The molecular formula is C14H32N4S. The number of hydrogen-bond donors (Lipinski definition) is 2. The van der Waals surface area contributed by atoms with Crippen LogP contribution >= 0.6 is 11.8 Å². The quantitative estimate of drug-likeness (QED) is 0.366. The van der Waals surface area contributed by atoms with Crippen molar-refractivity contribution < 1.29 is 0 Å². The van der Waals surface area contributed by atoms with Gasteiger partial charge in [0.05, 0.1) is 0 Å². The highest BCUT2D eigenvalue weighted by Gasteiger charge is 2.09. The van der Waals surface area contributed by atoms with Crippen LogP contribution in [0.3, 0.4) is 0 Å². The summed E-state index contributed by atoms with van der Waals surface area (Å²) in [5.41, 5.74) is 0. The van der Waals surface area contributed by atoms with E-state index in [1.165, 1.54) is 18.6 Å². The fourth-order valence-electron chi connectivity index (χ4n) is 2.02. The van der Waals surface area contributed by atoms with Crippen molar-refractivity contribution in [3.63, 3.8) is 0 Å². The van der Waals surface area contributed by atoms with Gasteiger partial charge in [0.2, 0.25) is 0 Å². The molecule has 0 rings (SSSR count). The first-order valence-electron chi connectivity index (χ1n) is 7.37. The Morgan fingerprint density at radius 1 is 1.21 bits per heavy atom. The van der Waals surface area contributed by atoms with Crippen molar-refractivity contribution >= 4 is 17.7 Å². The maximum atomic E-state index is 4.26. The second-order valence-corrected chi connectivity index (χ2v) is 5.64. The summed E-state index contributed by atoms with van der Waals surface area (Å²) in [6.07, 6.45) is 4.62. The molecule has 0 aromatic heterocycles. The van der Waals surface area contributed by atoms with E-state index in [1.54, 1.807) is 0 Å². The molecule has 0 bridgehead atoms. The van der Waals surface area contributed by atoms with E-state index in [2.05, 4.69) is 47.6 Å². The van der Waals surface area contributed by atoms with Crippen molar-refractivity contribution in [2.45, 2.75) is 39.7 Å². The molecule has 4 nitrogen and oxygen atoms in total. The third kappa shape index (κ3) is 9.16. The van der Waals surface area contributed by atoms with Crippen molar-refractivity contribution in [2.75, 3.05) is 45.2 Å². The minimum absolute atomic E-state index is 0.532. The van der Waals surface area contributed by atoms with Crippen molar-refractivity contribution in [1.29, 1.82) is 0 Å². The Bertz CT molecular complexity index is 229. The number of thioether (sulfide) groups is 1. The largest absolute Gasteiger partial charge is 0.356 e. The van der Waals surface area contributed by atoms with Crippen LogP contribution in [0.1, 0.15) is 33.6 Å². The zero-order valence-electron chi connectivity index (χ0n) is 13.3. The van der Waals surface area contributed by atoms with Crippen molar-refractivity contribution in [2.24, 2.45) is 4.99 Å². The molecule has 0 spiro atoms. The van der Waals surface area contributed by atoms with Crippen LogP contribution in [0.5, 0.6) is 0 Å². The van der Waals surface area contributed by atoms with Crippen LogP contribution < -0.4 is 10.6 Å². The molecule has 0 amide bonds. The fourth-order valence-corrected chi connectivity index (χ4v) is 2.51. The van der Waals surface area contributed by atoms with Gasteiger partial charge in [0.25, 0.3) is 0 Å². The van der Waals surface area contributed by atoms with Gasteiger partial charge >= 0.3 is 0 Å². The summed E-state index contributed by atoms with van der Waals surface area (Å²) in [5, 5.41) is 6.77. The Hall–Kier alpha value is -0.420. The average molecular weight is 289 g/mol. The number of unbranched alkanes of at least 4 members (excludes halogenated alkanes) is 1. The first-order valence-corrected chi connectivity index (χ1v) is 8.76. The highest BCUT2D eigenvalue weighted by atomic mass is 32.2. The van der Waals surface area contributed by atoms with E-state index in [1.807, 2.05) is 18.8 Å². The SMILES string of the molecule is CCN(CC)C(C)CNC(=NC)NCCCCSC. The van der Waals surface area contributed by atoms with Gasteiger partial charge < -0.3 is 10.6 Å². The molecule has 0 aliphatic rings. The second-order valence-electron chi connectivity index (χ2n) is 4.65. The van der Waals surface area contributed by atoms with Crippen LogP contribution in [-0.4, -0.2) is 62.1 Å². The van der Waals surface area contributed by atoms with Gasteiger partial charge in [0.1, 0.15) is 0 Å². The number of nitrogens with zero attached hydrogens (tertiary/aromatic N) is 2. The molecule has 2 N–H and O–H groups in total. The maximum Gasteiger partial charge on any atom is 0.191 e. The van der Waals surface area contributed by atoms with E-state index >= 15 is 0 Å². The lowest BCUT2D eigenvalue weighted by molar-refractivity contribution is 0.231. The van der Waals surface area contributed by atoms with Gasteiger partial charge in [0, 0.05) is 26.2 Å². The Morgan fingerprint density at radius 3 is 2.42 bits per heavy atom. The van der Waals surface area contributed by atoms with Crippen molar-refractivity contribution in [3.8, 4) is 0 Å². The molecule has 0 saturated carbocycles. The van der Waals surface area contributed by atoms with E-state index in [0.717, 1.165) is 32.1 Å². The summed E-state index contributed by atoms with van der Waals surface area (Å²) in [7, 11) is 1.83. The van der Waals surface area contributed by atoms with E-state index in [-0.39, 0.29) is 0 Å². The van der Waals surface area contributed by atoms with E-state index in [9.17, 15) is 0 Å². The molecule has 114 valence electrons. The third-order valence-electron chi connectivity index (χ3n) is 3.29. The minimum Gasteiger partial charge on any atom is -0.356 e. The molecule has 0 aliphatic carbocycles. The first kappa shape index (κ1) is 18.6. The zero-order chi connectivity index (χ0) is 14.5. The number of guanidine groups is 1. The molecule has 0 saturated heterocycles. The number of likely N-dealkylation sites (N-methyl/N-ethyl adjacent to an activating group) is 1. The highest BCUT2D eigenvalue weighted by molar-refractivity contribution is 7.98. The van der Waals surface area contributed by atoms with Gasteiger partial charge in [0.15, 0.2) is 5.96 Å². The lowest BCUT2D eigenvalue weighted by atomic mass is 10.3. The molecule has 19 heavy (non-hydrogen) atoms. The molecule has 0 aromatic carbocycles. The topological polar surface area (TPSA) is 39.7 Å². The van der Waals surface area contributed by atoms with Gasteiger partial charge in [-0.25, -0.2) is 0 Å². The highest BCUT2D eigenvalue weighted by Crippen LogP contribution is 1.98. The maximum absolute atomic E-state index is 4.26. The number of aliphatic imine (C=N–C) groups is 1. The number of nitrogens with one attached hydrogen (secondary N) is 2. The number of rotatable bonds is 10. The monoisotopic (exact) mass is 288 g/mol. The first-order chi connectivity index (χ1) is 9.19. The van der Waals surface area contributed by atoms with Crippen LogP contribution in [0.4, 0.5) is 0 Å². The van der Waals surface area contributed by atoms with Crippen molar-refractivity contribution in [3.05, 3.63) is 0 Å². The van der Waals surface area contributed by atoms with Gasteiger partial charge in [-0.1, -0.05) is 13.8 Å². The Balaban J connectivity index is 3.81. The normalized spacial score (nSPS) is 13.7. The summed E-state index contributed by atoms with van der Waals surface area (Å²) in [5.74, 6) is 2.16. The van der Waals surface area contributed by atoms with E-state index < -0.39 is 0 Å². The summed E-state index contributed by atoms with van der Waals surface area (Å²) in [6, 6.07) is 0.532. The molecular weight excluding hydrogens is 256 g/mol. The van der Waals surface area contributed by atoms with Gasteiger partial charge in [-0.15, -0.1) is 0 Å². The third-order valence-corrected chi connectivity index (χ3v) is 3.99. The Kier molecular flexibility index (Phi) is 12.3. The van der Waals surface area contributed by atoms with Crippen LogP contribution in [0.25, 0.3) is 0 Å².